The van der Waals surface area contributed by atoms with Gasteiger partial charge in [0.2, 0.25) is 0 Å². The zero-order valence-corrected chi connectivity index (χ0v) is 19.9. The fraction of sp³-hybridized carbons (Fsp3) is 0.286. The molecule has 0 saturated carbocycles. The van der Waals surface area contributed by atoms with Gasteiger partial charge in [-0.1, -0.05) is 65.9 Å². The van der Waals surface area contributed by atoms with Gasteiger partial charge in [0.15, 0.2) is 5.13 Å². The molecule has 1 saturated heterocycles. The van der Waals surface area contributed by atoms with Crippen molar-refractivity contribution in [2.45, 2.75) is 39.2 Å². The van der Waals surface area contributed by atoms with Gasteiger partial charge in [0.05, 0.1) is 22.9 Å². The van der Waals surface area contributed by atoms with E-state index < -0.39 is 0 Å². The fourth-order valence-corrected chi connectivity index (χ4v) is 5.48. The molecule has 4 aromatic rings. The third kappa shape index (κ3) is 4.70. The number of benzene rings is 3. The number of carbonyl (C=O) groups is 1. The van der Waals surface area contributed by atoms with Crippen molar-refractivity contribution < 1.29 is 9.53 Å². The molecule has 5 rings (SSSR count). The Hall–Kier alpha value is -3.02. The van der Waals surface area contributed by atoms with Crippen molar-refractivity contribution in [3.8, 4) is 0 Å². The highest BCUT2D eigenvalue weighted by molar-refractivity contribution is 7.22. The van der Waals surface area contributed by atoms with Crippen molar-refractivity contribution in [2.75, 3.05) is 18.1 Å². The Balaban J connectivity index is 1.44. The van der Waals surface area contributed by atoms with E-state index in [-0.39, 0.29) is 12.0 Å². The zero-order valence-electron chi connectivity index (χ0n) is 19.1. The molecule has 3 aromatic carbocycles. The van der Waals surface area contributed by atoms with Crippen LogP contribution < -0.4 is 4.90 Å². The van der Waals surface area contributed by atoms with Gasteiger partial charge in [0.25, 0.3) is 5.91 Å². The summed E-state index contributed by atoms with van der Waals surface area (Å²) in [6.45, 7) is 5.46. The van der Waals surface area contributed by atoms with Crippen molar-refractivity contribution >= 4 is 32.6 Å². The zero-order chi connectivity index (χ0) is 22.8. The van der Waals surface area contributed by atoms with E-state index in [0.717, 1.165) is 46.8 Å². The van der Waals surface area contributed by atoms with Gasteiger partial charge in [0, 0.05) is 12.2 Å². The van der Waals surface area contributed by atoms with E-state index in [1.54, 1.807) is 11.3 Å². The summed E-state index contributed by atoms with van der Waals surface area (Å²) in [5.41, 5.74) is 6.43. The van der Waals surface area contributed by atoms with Gasteiger partial charge >= 0.3 is 0 Å². The highest BCUT2D eigenvalue weighted by Gasteiger charge is 2.27. The van der Waals surface area contributed by atoms with Gasteiger partial charge in [-0.15, -0.1) is 0 Å². The number of thiazole rings is 1. The van der Waals surface area contributed by atoms with Crippen LogP contribution in [0.1, 0.15) is 45.5 Å². The van der Waals surface area contributed by atoms with E-state index in [2.05, 4.69) is 62.4 Å². The summed E-state index contributed by atoms with van der Waals surface area (Å²) < 4.78 is 7.03. The largest absolute Gasteiger partial charge is 0.376 e. The Bertz CT molecular complexity index is 1220. The molecular weight excluding hydrogens is 428 g/mol. The Morgan fingerprint density at radius 2 is 1.73 bits per heavy atom. The second-order valence-corrected chi connectivity index (χ2v) is 9.76. The summed E-state index contributed by atoms with van der Waals surface area (Å²) in [5.74, 6) is -0.0221. The number of carbonyl (C=O) groups excluding carboxylic acids is 1. The maximum absolute atomic E-state index is 13.7. The summed E-state index contributed by atoms with van der Waals surface area (Å²) in [6.07, 6.45) is 2.92. The molecule has 0 radical (unpaired) electrons. The molecule has 0 bridgehead atoms. The van der Waals surface area contributed by atoms with Gasteiger partial charge < -0.3 is 4.74 Å². The SMILES string of the molecule is Cc1ccc(C)c2sc(N(CC3CCCO3)C(=O)c3ccc(Cc4ccccc4)cc3)nc12. The van der Waals surface area contributed by atoms with E-state index in [4.69, 9.17) is 9.72 Å². The molecule has 0 aliphatic carbocycles. The first kappa shape index (κ1) is 21.8. The highest BCUT2D eigenvalue weighted by atomic mass is 32.1. The summed E-state index contributed by atoms with van der Waals surface area (Å²) >= 11 is 1.60. The molecule has 5 heteroatoms. The molecule has 4 nitrogen and oxygen atoms in total. The lowest BCUT2D eigenvalue weighted by atomic mass is 10.0. The molecule has 1 aliphatic rings. The summed E-state index contributed by atoms with van der Waals surface area (Å²) in [6, 6.07) is 22.6. The third-order valence-corrected chi connectivity index (χ3v) is 7.48. The first-order valence-corrected chi connectivity index (χ1v) is 12.3. The van der Waals surface area contributed by atoms with E-state index in [1.807, 2.05) is 23.1 Å². The molecule has 1 unspecified atom stereocenters. The smallest absolute Gasteiger partial charge is 0.260 e. The Labute approximate surface area is 198 Å². The maximum Gasteiger partial charge on any atom is 0.260 e. The van der Waals surface area contributed by atoms with Crippen LogP contribution in [0.25, 0.3) is 10.2 Å². The monoisotopic (exact) mass is 456 g/mol. The molecule has 33 heavy (non-hydrogen) atoms. The van der Waals surface area contributed by atoms with Crippen molar-refractivity contribution in [1.82, 2.24) is 4.98 Å². The van der Waals surface area contributed by atoms with Crippen LogP contribution >= 0.6 is 11.3 Å². The minimum atomic E-state index is -0.0221. The number of anilines is 1. The van der Waals surface area contributed by atoms with E-state index in [1.165, 1.54) is 16.7 Å². The fourth-order valence-electron chi connectivity index (χ4n) is 4.36. The molecule has 1 amide bonds. The van der Waals surface area contributed by atoms with E-state index in [0.29, 0.717) is 12.1 Å². The van der Waals surface area contributed by atoms with Crippen LogP contribution in [0, 0.1) is 13.8 Å². The van der Waals surface area contributed by atoms with Crippen molar-refractivity contribution in [3.63, 3.8) is 0 Å². The molecular formula is C28H28N2O2S. The van der Waals surface area contributed by atoms with Crippen LogP contribution in [0.5, 0.6) is 0 Å². The molecule has 0 spiro atoms. The predicted octanol–water partition coefficient (Wildman–Crippen LogP) is 6.33. The maximum atomic E-state index is 13.7. The Morgan fingerprint density at radius 3 is 2.42 bits per heavy atom. The minimum Gasteiger partial charge on any atom is -0.376 e. The summed E-state index contributed by atoms with van der Waals surface area (Å²) in [7, 11) is 0. The summed E-state index contributed by atoms with van der Waals surface area (Å²) in [4.78, 5) is 20.4. The van der Waals surface area contributed by atoms with Gasteiger partial charge in [-0.25, -0.2) is 4.98 Å². The lowest BCUT2D eigenvalue weighted by Crippen LogP contribution is -2.37. The van der Waals surface area contributed by atoms with Crippen LogP contribution in [-0.4, -0.2) is 30.1 Å². The van der Waals surface area contributed by atoms with Crippen LogP contribution in [0.15, 0.2) is 66.7 Å². The number of amides is 1. The first-order valence-electron chi connectivity index (χ1n) is 11.5. The Kier molecular flexibility index (Phi) is 6.25. The van der Waals surface area contributed by atoms with Crippen molar-refractivity contribution in [1.29, 1.82) is 0 Å². The topological polar surface area (TPSA) is 42.4 Å². The van der Waals surface area contributed by atoms with Crippen molar-refractivity contribution in [3.05, 3.63) is 94.5 Å². The number of aryl methyl sites for hydroxylation is 2. The molecule has 168 valence electrons. The van der Waals surface area contributed by atoms with E-state index in [9.17, 15) is 4.79 Å². The number of rotatable bonds is 6. The van der Waals surface area contributed by atoms with Gasteiger partial charge in [-0.2, -0.15) is 0 Å². The molecule has 1 aromatic heterocycles. The number of fused-ring (bicyclic) bond motifs is 1. The van der Waals surface area contributed by atoms with Gasteiger partial charge in [0.1, 0.15) is 0 Å². The molecule has 2 heterocycles. The first-order chi connectivity index (χ1) is 16.1. The average molecular weight is 457 g/mol. The van der Waals surface area contributed by atoms with Crippen LogP contribution in [0.4, 0.5) is 5.13 Å². The lowest BCUT2D eigenvalue weighted by Gasteiger charge is -2.23. The standard InChI is InChI=1S/C28H28N2O2S/c1-19-10-11-20(2)26-25(19)29-28(33-26)30(18-24-9-6-16-32-24)27(31)23-14-12-22(13-15-23)17-21-7-4-3-5-8-21/h3-5,7-8,10-15,24H,6,9,16-18H2,1-2H3. The summed E-state index contributed by atoms with van der Waals surface area (Å²) in [5, 5.41) is 0.747. The number of nitrogens with zero attached hydrogens (tertiary/aromatic N) is 2. The molecule has 1 fully saturated rings. The Morgan fingerprint density at radius 1 is 1.00 bits per heavy atom. The number of ether oxygens (including phenoxy) is 1. The average Bonchev–Trinajstić information content (AvgIpc) is 3.51. The van der Waals surface area contributed by atoms with Crippen molar-refractivity contribution in [2.24, 2.45) is 0 Å². The molecule has 1 aliphatic heterocycles. The quantitative estimate of drug-likeness (QED) is 0.340. The van der Waals surface area contributed by atoms with E-state index >= 15 is 0 Å². The van der Waals surface area contributed by atoms with Gasteiger partial charge in [-0.05, 0) is 67.5 Å². The minimum absolute atomic E-state index is 0.0221. The molecule has 1 atom stereocenters. The van der Waals surface area contributed by atoms with Gasteiger partial charge in [-0.3, -0.25) is 9.69 Å². The normalized spacial score (nSPS) is 15.8. The molecule has 0 N–H and O–H groups in total. The number of aromatic nitrogens is 1. The van der Waals surface area contributed by atoms with Crippen LogP contribution in [0.2, 0.25) is 0 Å². The van der Waals surface area contributed by atoms with Crippen LogP contribution in [0.3, 0.4) is 0 Å². The second-order valence-electron chi connectivity index (χ2n) is 8.78. The third-order valence-electron chi connectivity index (χ3n) is 6.27. The second kappa shape index (κ2) is 9.46. The highest BCUT2D eigenvalue weighted by Crippen LogP contribution is 2.34. The lowest BCUT2D eigenvalue weighted by molar-refractivity contribution is 0.0917. The van der Waals surface area contributed by atoms with Crippen LogP contribution in [-0.2, 0) is 11.2 Å². The predicted molar refractivity (Wildman–Crippen MR) is 135 cm³/mol. The number of hydrogen-bond acceptors (Lipinski definition) is 4. The number of hydrogen-bond donors (Lipinski definition) is 0.